The molecule has 92 valence electrons. The van der Waals surface area contributed by atoms with Crippen LogP contribution in [-0.4, -0.2) is 20.9 Å². The summed E-state index contributed by atoms with van der Waals surface area (Å²) in [7, 11) is -1.64. The normalized spacial score (nSPS) is 16.4. The van der Waals surface area contributed by atoms with E-state index in [1.165, 1.54) is 12.8 Å². The molecule has 4 nitrogen and oxygen atoms in total. The van der Waals surface area contributed by atoms with Crippen LogP contribution < -0.4 is 9.96 Å². The van der Waals surface area contributed by atoms with Gasteiger partial charge in [-0.25, -0.2) is 0 Å². The Morgan fingerprint density at radius 1 is 1.06 bits per heavy atom. The molecule has 5 heteroatoms. The number of hydrogen-bond donors (Lipinski definition) is 2. The van der Waals surface area contributed by atoms with Gasteiger partial charge in [0.25, 0.3) is 0 Å². The second-order valence-corrected chi connectivity index (χ2v) is 6.84. The van der Waals surface area contributed by atoms with Gasteiger partial charge in [-0.15, -0.1) is 0 Å². The zero-order chi connectivity index (χ0) is 12.0. The van der Waals surface area contributed by atoms with Gasteiger partial charge in [-0.1, -0.05) is 26.7 Å². The maximum atomic E-state index is 11.4. The molecule has 0 aromatic heterocycles. The van der Waals surface area contributed by atoms with Crippen molar-refractivity contribution in [2.24, 2.45) is 0 Å². The largest absolute Gasteiger partial charge is 0.367 e. The van der Waals surface area contributed by atoms with Crippen LogP contribution in [0.25, 0.3) is 0 Å². The molecule has 0 aliphatic heterocycles. The molecule has 1 saturated carbocycles. The molecular weight excluding hydrogens is 220 g/mol. The molecule has 1 fully saturated rings. The predicted molar refractivity (Wildman–Crippen MR) is 66.2 cm³/mol. The summed E-state index contributed by atoms with van der Waals surface area (Å²) in [5.74, 6) is 0.139. The van der Waals surface area contributed by atoms with Crippen LogP contribution in [0, 0.1) is 0 Å². The molecular formula is C11H22N2O2Si. The zero-order valence-electron chi connectivity index (χ0n) is 10.2. The minimum Gasteiger partial charge on any atom is -0.367 e. The summed E-state index contributed by atoms with van der Waals surface area (Å²) < 4.78 is 0. The van der Waals surface area contributed by atoms with Gasteiger partial charge in [0.1, 0.15) is 0 Å². The maximum absolute atomic E-state index is 11.4. The maximum Gasteiger partial charge on any atom is 0.250 e. The highest BCUT2D eigenvalue weighted by molar-refractivity contribution is 6.60. The summed E-state index contributed by atoms with van der Waals surface area (Å²) in [5.41, 5.74) is 0.547. The second kappa shape index (κ2) is 6.68. The molecule has 1 aliphatic rings. The first kappa shape index (κ1) is 13.2. The van der Waals surface area contributed by atoms with Gasteiger partial charge in [0.2, 0.25) is 20.9 Å². The fraction of sp³-hybridized carbons (Fsp3) is 0.818. The van der Waals surface area contributed by atoms with Gasteiger partial charge < -0.3 is 9.96 Å². The van der Waals surface area contributed by atoms with Gasteiger partial charge in [0.05, 0.1) is 0 Å². The van der Waals surface area contributed by atoms with Crippen LogP contribution in [-0.2, 0) is 9.59 Å². The van der Waals surface area contributed by atoms with Crippen molar-refractivity contribution >= 4 is 20.9 Å². The number of carbonyl (C=O) groups is 2. The molecule has 0 unspecified atom stereocenters. The van der Waals surface area contributed by atoms with Crippen LogP contribution >= 0.6 is 0 Å². The van der Waals surface area contributed by atoms with E-state index in [2.05, 4.69) is 9.96 Å². The van der Waals surface area contributed by atoms with Crippen molar-refractivity contribution in [2.45, 2.75) is 57.9 Å². The summed E-state index contributed by atoms with van der Waals surface area (Å²) in [4.78, 5) is 28.9. The first-order chi connectivity index (χ1) is 7.67. The Hall–Kier alpha value is -0.843. The number of rotatable bonds is 5. The zero-order valence-corrected chi connectivity index (χ0v) is 11.4. The standard InChI is InChI=1S/C11H22N2O2Si/c1-3-10(14)12-16(13-11(15)4-2)9-7-5-6-8-9/h9,16H,3-8H2,1-2H3,(H,12,14)(H,13,15). The van der Waals surface area contributed by atoms with Gasteiger partial charge >= 0.3 is 0 Å². The average molecular weight is 242 g/mol. The van der Waals surface area contributed by atoms with Crippen molar-refractivity contribution in [2.75, 3.05) is 0 Å². The third-order valence-electron chi connectivity index (χ3n) is 3.15. The Labute approximate surface area is 98.9 Å². The van der Waals surface area contributed by atoms with Crippen LogP contribution in [0.4, 0.5) is 0 Å². The van der Waals surface area contributed by atoms with E-state index < -0.39 is 9.12 Å². The smallest absolute Gasteiger partial charge is 0.250 e. The summed E-state index contributed by atoms with van der Waals surface area (Å²) >= 11 is 0. The molecule has 1 aliphatic carbocycles. The van der Waals surface area contributed by atoms with Gasteiger partial charge in [0.15, 0.2) is 0 Å². The third-order valence-corrected chi connectivity index (χ3v) is 6.02. The Balaban J connectivity index is 2.53. The van der Waals surface area contributed by atoms with E-state index in [9.17, 15) is 9.59 Å². The molecule has 0 heterocycles. The van der Waals surface area contributed by atoms with E-state index in [0.29, 0.717) is 18.4 Å². The van der Waals surface area contributed by atoms with Crippen molar-refractivity contribution in [3.05, 3.63) is 0 Å². The van der Waals surface area contributed by atoms with Gasteiger partial charge in [0, 0.05) is 12.8 Å². The van der Waals surface area contributed by atoms with Crippen LogP contribution in [0.1, 0.15) is 52.4 Å². The molecule has 0 radical (unpaired) electrons. The van der Waals surface area contributed by atoms with E-state index in [4.69, 9.17) is 0 Å². The lowest BCUT2D eigenvalue weighted by atomic mass is 10.4. The first-order valence-corrected chi connectivity index (χ1v) is 8.08. The molecule has 1 rings (SSSR count). The fourth-order valence-corrected chi connectivity index (χ4v) is 4.90. The SMILES string of the molecule is CCC(=O)N[SiH](NC(=O)CC)C1CCCC1. The quantitative estimate of drug-likeness (QED) is 0.712. The van der Waals surface area contributed by atoms with E-state index in [1.807, 2.05) is 13.8 Å². The molecule has 0 spiro atoms. The summed E-state index contributed by atoms with van der Waals surface area (Å²) in [6.45, 7) is 3.69. The summed E-state index contributed by atoms with van der Waals surface area (Å²) in [6.07, 6.45) is 5.78. The van der Waals surface area contributed by atoms with E-state index in [0.717, 1.165) is 12.8 Å². The lowest BCUT2D eigenvalue weighted by Crippen LogP contribution is -2.54. The molecule has 0 aromatic rings. The highest BCUT2D eigenvalue weighted by atomic mass is 28.3. The molecule has 0 saturated heterocycles. The Bertz CT molecular complexity index is 234. The van der Waals surface area contributed by atoms with Crippen LogP contribution in [0.15, 0.2) is 0 Å². The van der Waals surface area contributed by atoms with Gasteiger partial charge in [-0.2, -0.15) is 0 Å². The predicted octanol–water partition coefficient (Wildman–Crippen LogP) is 1.20. The molecule has 0 atom stereocenters. The van der Waals surface area contributed by atoms with Crippen LogP contribution in [0.2, 0.25) is 5.54 Å². The third kappa shape index (κ3) is 3.96. The summed E-state index contributed by atoms with van der Waals surface area (Å²) in [5, 5.41) is 0. The number of carbonyl (C=O) groups excluding carboxylic acids is 2. The van der Waals surface area contributed by atoms with Gasteiger partial charge in [-0.05, 0) is 18.4 Å². The fourth-order valence-electron chi connectivity index (χ4n) is 2.11. The van der Waals surface area contributed by atoms with Crippen molar-refractivity contribution in [3.63, 3.8) is 0 Å². The molecule has 0 aromatic carbocycles. The van der Waals surface area contributed by atoms with Crippen molar-refractivity contribution < 1.29 is 9.59 Å². The minimum atomic E-state index is -1.64. The van der Waals surface area contributed by atoms with E-state index in [-0.39, 0.29) is 11.8 Å². The molecule has 2 amide bonds. The molecule has 16 heavy (non-hydrogen) atoms. The Morgan fingerprint density at radius 3 is 1.88 bits per heavy atom. The minimum absolute atomic E-state index is 0.0694. The molecule has 2 N–H and O–H groups in total. The van der Waals surface area contributed by atoms with E-state index >= 15 is 0 Å². The van der Waals surface area contributed by atoms with Gasteiger partial charge in [-0.3, -0.25) is 9.59 Å². The average Bonchev–Trinajstić information content (AvgIpc) is 2.81. The number of nitrogens with one attached hydrogen (secondary N) is 2. The van der Waals surface area contributed by atoms with Crippen molar-refractivity contribution in [3.8, 4) is 0 Å². The summed E-state index contributed by atoms with van der Waals surface area (Å²) in [6, 6.07) is 0. The Kier molecular flexibility index (Phi) is 5.52. The Morgan fingerprint density at radius 2 is 1.50 bits per heavy atom. The van der Waals surface area contributed by atoms with Crippen LogP contribution in [0.5, 0.6) is 0 Å². The van der Waals surface area contributed by atoms with Crippen LogP contribution in [0.3, 0.4) is 0 Å². The highest BCUT2D eigenvalue weighted by Gasteiger charge is 2.29. The van der Waals surface area contributed by atoms with Crippen molar-refractivity contribution in [1.29, 1.82) is 0 Å². The number of amides is 2. The molecule has 0 bridgehead atoms. The second-order valence-electron chi connectivity index (χ2n) is 4.36. The number of hydrogen-bond acceptors (Lipinski definition) is 2. The van der Waals surface area contributed by atoms with Crippen molar-refractivity contribution in [1.82, 2.24) is 9.96 Å². The van der Waals surface area contributed by atoms with E-state index in [1.54, 1.807) is 0 Å². The lowest BCUT2D eigenvalue weighted by Gasteiger charge is -2.23. The highest BCUT2D eigenvalue weighted by Crippen LogP contribution is 2.31. The lowest BCUT2D eigenvalue weighted by molar-refractivity contribution is -0.119. The topological polar surface area (TPSA) is 58.2 Å². The monoisotopic (exact) mass is 242 g/mol. The first-order valence-electron chi connectivity index (χ1n) is 6.26.